The van der Waals surface area contributed by atoms with Crippen molar-refractivity contribution >= 4 is 11.6 Å². The largest absolute Gasteiger partial charge is 0.433 e. The molecule has 10 heteroatoms. The van der Waals surface area contributed by atoms with E-state index >= 15 is 0 Å². The number of hydrogen-bond donors (Lipinski definition) is 1. The van der Waals surface area contributed by atoms with Crippen molar-refractivity contribution in [1.29, 1.82) is 0 Å². The fourth-order valence-electron chi connectivity index (χ4n) is 3.75. The molecule has 1 saturated heterocycles. The smallest absolute Gasteiger partial charge is 0.329 e. The highest BCUT2D eigenvalue weighted by atomic mass is 19.4. The summed E-state index contributed by atoms with van der Waals surface area (Å²) < 4.78 is 42.1. The summed E-state index contributed by atoms with van der Waals surface area (Å²) in [6.07, 6.45) is -0.785. The number of fused-ring (bicyclic) bond motifs is 1. The lowest BCUT2D eigenvalue weighted by atomic mass is 9.91. The Hall–Kier alpha value is -2.91. The molecule has 1 atom stereocenters. The summed E-state index contributed by atoms with van der Waals surface area (Å²) in [7, 11) is 0. The molecule has 3 aromatic rings. The summed E-state index contributed by atoms with van der Waals surface area (Å²) in [4.78, 5) is 19.0. The molecule has 1 amide bonds. The summed E-state index contributed by atoms with van der Waals surface area (Å²) >= 11 is 0. The third-order valence-corrected chi connectivity index (χ3v) is 5.34. The van der Waals surface area contributed by atoms with Crippen molar-refractivity contribution in [1.82, 2.24) is 29.7 Å². The average molecular weight is 420 g/mol. The van der Waals surface area contributed by atoms with E-state index in [0.717, 1.165) is 23.4 Å². The van der Waals surface area contributed by atoms with Gasteiger partial charge in [-0.2, -0.15) is 23.4 Å². The summed E-state index contributed by atoms with van der Waals surface area (Å²) in [5, 5.41) is 10.7. The van der Waals surface area contributed by atoms with Gasteiger partial charge in [0, 0.05) is 24.2 Å². The monoisotopic (exact) mass is 420 g/mol. The lowest BCUT2D eigenvalue weighted by Crippen LogP contribution is -2.39. The van der Waals surface area contributed by atoms with Crippen molar-refractivity contribution in [3.8, 4) is 0 Å². The average Bonchev–Trinajstić information content (AvgIpc) is 3.34. The molecule has 4 rings (SSSR count). The van der Waals surface area contributed by atoms with Crippen molar-refractivity contribution in [2.24, 2.45) is 0 Å². The summed E-state index contributed by atoms with van der Waals surface area (Å²) in [5.41, 5.74) is -0.209. The number of alkyl halides is 3. The molecule has 0 aromatic carbocycles. The number of nitrogens with one attached hydrogen (secondary N) is 1. The van der Waals surface area contributed by atoms with Crippen LogP contribution in [0.5, 0.6) is 0 Å². The van der Waals surface area contributed by atoms with Gasteiger partial charge in [-0.25, -0.2) is 9.50 Å². The minimum absolute atomic E-state index is 0.129. The third-order valence-electron chi connectivity index (χ3n) is 5.34. The van der Waals surface area contributed by atoms with Gasteiger partial charge in [-0.1, -0.05) is 20.8 Å². The van der Waals surface area contributed by atoms with Crippen LogP contribution in [-0.4, -0.2) is 42.1 Å². The van der Waals surface area contributed by atoms with E-state index in [1.165, 1.54) is 6.20 Å². The number of carbonyl (C=O) groups excluding carboxylic acids is 1. The van der Waals surface area contributed by atoms with Crippen LogP contribution in [0.4, 0.5) is 13.2 Å². The summed E-state index contributed by atoms with van der Waals surface area (Å²) in [6.45, 7) is 5.95. The van der Waals surface area contributed by atoms with Crippen LogP contribution in [0.15, 0.2) is 24.4 Å². The number of piperidine rings is 1. The van der Waals surface area contributed by atoms with Crippen LogP contribution < -0.4 is 0 Å². The Balaban J connectivity index is 1.81. The van der Waals surface area contributed by atoms with Crippen LogP contribution in [0.25, 0.3) is 5.65 Å². The van der Waals surface area contributed by atoms with Crippen molar-refractivity contribution in [2.75, 3.05) is 6.54 Å². The fourth-order valence-corrected chi connectivity index (χ4v) is 3.75. The predicted molar refractivity (Wildman–Crippen MR) is 103 cm³/mol. The molecule has 0 radical (unpaired) electrons. The van der Waals surface area contributed by atoms with Crippen LogP contribution in [0.2, 0.25) is 0 Å². The molecule has 0 saturated carbocycles. The fraction of sp³-hybridized carbons (Fsp3) is 0.500. The number of carbonyl (C=O) groups is 1. The van der Waals surface area contributed by atoms with E-state index in [9.17, 15) is 18.0 Å². The topological polar surface area (TPSA) is 79.2 Å². The third kappa shape index (κ3) is 3.66. The SMILES string of the molecule is CC(C)(C)c1cc(C(F)(F)F)n2nc([C@H]3CCCCN3C(=O)c3ccn[nH]3)cc2n1. The highest BCUT2D eigenvalue weighted by Crippen LogP contribution is 2.35. The Morgan fingerprint density at radius 3 is 2.60 bits per heavy atom. The zero-order valence-corrected chi connectivity index (χ0v) is 17.0. The van der Waals surface area contributed by atoms with E-state index in [4.69, 9.17) is 0 Å². The number of hydrogen-bond acceptors (Lipinski definition) is 4. The number of amides is 1. The van der Waals surface area contributed by atoms with Crippen molar-refractivity contribution in [3.63, 3.8) is 0 Å². The van der Waals surface area contributed by atoms with Crippen molar-refractivity contribution in [2.45, 2.75) is 57.7 Å². The molecule has 0 aliphatic carbocycles. The molecular weight excluding hydrogens is 397 g/mol. The molecular formula is C20H23F3N6O. The summed E-state index contributed by atoms with van der Waals surface area (Å²) in [5.74, 6) is -0.242. The van der Waals surface area contributed by atoms with Gasteiger partial charge in [-0.15, -0.1) is 0 Å². The van der Waals surface area contributed by atoms with Gasteiger partial charge in [0.1, 0.15) is 11.4 Å². The second-order valence-corrected chi connectivity index (χ2v) is 8.59. The van der Waals surface area contributed by atoms with E-state index in [0.29, 0.717) is 30.0 Å². The van der Waals surface area contributed by atoms with E-state index in [1.54, 1.807) is 17.0 Å². The maximum atomic E-state index is 13.8. The number of likely N-dealkylation sites (tertiary alicyclic amines) is 1. The molecule has 30 heavy (non-hydrogen) atoms. The van der Waals surface area contributed by atoms with Crippen LogP contribution in [-0.2, 0) is 11.6 Å². The van der Waals surface area contributed by atoms with Crippen LogP contribution in [0.1, 0.15) is 73.6 Å². The van der Waals surface area contributed by atoms with Gasteiger partial charge in [0.15, 0.2) is 5.65 Å². The van der Waals surface area contributed by atoms with Crippen molar-refractivity contribution < 1.29 is 18.0 Å². The highest BCUT2D eigenvalue weighted by Gasteiger charge is 2.38. The molecule has 3 aromatic heterocycles. The first kappa shape index (κ1) is 20.4. The Morgan fingerprint density at radius 2 is 1.97 bits per heavy atom. The molecule has 0 unspecified atom stereocenters. The number of rotatable bonds is 2. The Bertz CT molecular complexity index is 1060. The Labute approximate surface area is 171 Å². The minimum Gasteiger partial charge on any atom is -0.329 e. The number of nitrogens with zero attached hydrogens (tertiary/aromatic N) is 5. The lowest BCUT2D eigenvalue weighted by Gasteiger charge is -2.34. The van der Waals surface area contributed by atoms with Gasteiger partial charge in [-0.3, -0.25) is 9.89 Å². The van der Waals surface area contributed by atoms with Gasteiger partial charge in [0.2, 0.25) is 0 Å². The van der Waals surface area contributed by atoms with E-state index < -0.39 is 23.3 Å². The van der Waals surface area contributed by atoms with Crippen molar-refractivity contribution in [3.05, 3.63) is 47.2 Å². The number of halogens is 3. The molecule has 1 aliphatic heterocycles. The molecule has 4 heterocycles. The van der Waals surface area contributed by atoms with Gasteiger partial charge in [-0.05, 0) is 31.4 Å². The van der Waals surface area contributed by atoms with Crippen LogP contribution in [0.3, 0.4) is 0 Å². The summed E-state index contributed by atoms with van der Waals surface area (Å²) in [6, 6.07) is 3.78. The molecule has 1 fully saturated rings. The molecule has 1 aliphatic rings. The number of aromatic amines is 1. The molecule has 7 nitrogen and oxygen atoms in total. The van der Waals surface area contributed by atoms with Gasteiger partial charge in [0.05, 0.1) is 17.4 Å². The highest BCUT2D eigenvalue weighted by molar-refractivity contribution is 5.92. The maximum absolute atomic E-state index is 13.8. The zero-order chi connectivity index (χ0) is 21.7. The van der Waals surface area contributed by atoms with Crippen LogP contribution >= 0.6 is 0 Å². The lowest BCUT2D eigenvalue weighted by molar-refractivity contribution is -0.142. The minimum atomic E-state index is -4.58. The molecule has 160 valence electrons. The molecule has 1 N–H and O–H groups in total. The van der Waals surface area contributed by atoms with Gasteiger partial charge in [0.25, 0.3) is 5.91 Å². The second-order valence-electron chi connectivity index (χ2n) is 8.59. The predicted octanol–water partition coefficient (Wildman–Crippen LogP) is 4.14. The van der Waals surface area contributed by atoms with E-state index in [1.807, 2.05) is 20.8 Å². The first-order chi connectivity index (χ1) is 14.1. The quantitative estimate of drug-likeness (QED) is 0.676. The second kappa shape index (κ2) is 7.10. The number of aromatic nitrogens is 5. The maximum Gasteiger partial charge on any atom is 0.433 e. The number of H-pyrrole nitrogens is 1. The Kier molecular flexibility index (Phi) is 4.82. The zero-order valence-electron chi connectivity index (χ0n) is 17.0. The van der Waals surface area contributed by atoms with E-state index in [-0.39, 0.29) is 11.6 Å². The Morgan fingerprint density at radius 1 is 1.20 bits per heavy atom. The van der Waals surface area contributed by atoms with Gasteiger partial charge >= 0.3 is 6.18 Å². The van der Waals surface area contributed by atoms with Gasteiger partial charge < -0.3 is 4.90 Å². The van der Waals surface area contributed by atoms with E-state index in [2.05, 4.69) is 20.3 Å². The molecule has 0 bridgehead atoms. The first-order valence-electron chi connectivity index (χ1n) is 9.84. The normalized spacial score (nSPS) is 18.2. The molecule has 0 spiro atoms. The standard InChI is InChI=1S/C20H23F3N6O/c1-19(2,3)15-11-16(20(21,22)23)29-17(25-15)10-13(27-29)14-6-4-5-9-28(14)18(30)12-7-8-24-26-12/h7-8,10-11,14H,4-6,9H2,1-3H3,(H,24,26)/t14-/m1/s1. The van der Waals surface area contributed by atoms with Crippen LogP contribution in [0, 0.1) is 0 Å². The first-order valence-corrected chi connectivity index (χ1v) is 9.84.